The fourth-order valence-corrected chi connectivity index (χ4v) is 6.98. The lowest BCUT2D eigenvalue weighted by atomic mass is 9.99. The summed E-state index contributed by atoms with van der Waals surface area (Å²) in [7, 11) is 1.80. The Morgan fingerprint density at radius 3 is 2.61 bits per heavy atom. The summed E-state index contributed by atoms with van der Waals surface area (Å²) in [6.45, 7) is 12.5. The molecule has 0 bridgehead atoms. The van der Waals surface area contributed by atoms with E-state index >= 15 is 4.39 Å². The standard InChI is InChI=1S/C33H34ClF2N7O3/c1-7-22(45)41-15-19-11-13-40(6)30-24-31(42(19)14-18(41)5)39-33(46)43(29-17(4)10-12-37-27(29)16(2)3)32(24)38-28(25(30)34)23-21(44)9-8-20(35)26(23)36/h7-10,12,16,18-19,44H,1,11,13-15H2,2-6H3. The van der Waals surface area contributed by atoms with Crippen molar-refractivity contribution in [1.82, 2.24) is 24.4 Å². The number of aromatic nitrogens is 4. The SMILES string of the molecule is C=CC(=O)N1CC2CCN(C)c3c(Cl)c(-c4c(O)ccc(F)c4F)nc4c3c(nc(=O)n4-c3c(C)ccnc3C(C)C)N2CC1C. The molecule has 240 valence electrons. The monoisotopic (exact) mass is 649 g/mol. The van der Waals surface area contributed by atoms with Crippen LogP contribution in [0.3, 0.4) is 0 Å². The van der Waals surface area contributed by atoms with Crippen LogP contribution in [0.1, 0.15) is 44.4 Å². The number of aromatic hydroxyl groups is 1. The Morgan fingerprint density at radius 2 is 1.91 bits per heavy atom. The lowest BCUT2D eigenvalue weighted by molar-refractivity contribution is -0.128. The van der Waals surface area contributed by atoms with Gasteiger partial charge in [0.25, 0.3) is 0 Å². The fraction of sp³-hybridized carbons (Fsp3) is 0.364. The zero-order chi connectivity index (χ0) is 33.2. The first-order valence-corrected chi connectivity index (χ1v) is 15.4. The van der Waals surface area contributed by atoms with Crippen molar-refractivity contribution in [3.05, 3.63) is 75.4 Å². The maximum absolute atomic E-state index is 15.4. The Kier molecular flexibility index (Phi) is 7.95. The van der Waals surface area contributed by atoms with Gasteiger partial charge in [0.05, 0.1) is 33.0 Å². The van der Waals surface area contributed by atoms with Gasteiger partial charge in [-0.25, -0.2) is 23.1 Å². The van der Waals surface area contributed by atoms with Gasteiger partial charge in [-0.15, -0.1) is 0 Å². The molecule has 1 N–H and O–H groups in total. The minimum absolute atomic E-state index is 0.0398. The molecule has 3 aromatic heterocycles. The third kappa shape index (κ3) is 4.86. The quantitative estimate of drug-likeness (QED) is 0.295. The number of amides is 1. The highest BCUT2D eigenvalue weighted by Crippen LogP contribution is 2.47. The molecule has 13 heteroatoms. The molecule has 0 radical (unpaired) electrons. The summed E-state index contributed by atoms with van der Waals surface area (Å²) in [5, 5.41) is 11.2. The summed E-state index contributed by atoms with van der Waals surface area (Å²) in [4.78, 5) is 46.7. The molecular formula is C33H34ClF2N7O3. The van der Waals surface area contributed by atoms with Gasteiger partial charge in [-0.1, -0.05) is 32.0 Å². The van der Waals surface area contributed by atoms with Crippen LogP contribution in [0.15, 0.2) is 41.8 Å². The fourth-order valence-electron chi connectivity index (χ4n) is 6.60. The van der Waals surface area contributed by atoms with Crippen molar-refractivity contribution in [2.75, 3.05) is 36.5 Å². The number of fused-ring (bicyclic) bond motifs is 2. The van der Waals surface area contributed by atoms with Crippen LogP contribution < -0.4 is 15.5 Å². The summed E-state index contributed by atoms with van der Waals surface area (Å²) < 4.78 is 31.4. The highest BCUT2D eigenvalue weighted by atomic mass is 35.5. The summed E-state index contributed by atoms with van der Waals surface area (Å²) in [5.41, 5.74) is 0.880. The van der Waals surface area contributed by atoms with E-state index in [0.717, 1.165) is 17.7 Å². The van der Waals surface area contributed by atoms with E-state index in [0.29, 0.717) is 54.3 Å². The normalized spacial score (nSPS) is 18.1. The van der Waals surface area contributed by atoms with E-state index in [4.69, 9.17) is 16.6 Å². The number of nitrogens with zero attached hydrogens (tertiary/aromatic N) is 7. The van der Waals surface area contributed by atoms with Crippen LogP contribution in [0.5, 0.6) is 5.75 Å². The zero-order valence-corrected chi connectivity index (χ0v) is 26.9. The number of aryl methyl sites for hydroxylation is 1. The average Bonchev–Trinajstić information content (AvgIpc) is 3.01. The van der Waals surface area contributed by atoms with Gasteiger partial charge < -0.3 is 19.8 Å². The van der Waals surface area contributed by atoms with Crippen molar-refractivity contribution in [2.45, 2.75) is 52.1 Å². The molecule has 1 aromatic carbocycles. The first kappa shape index (κ1) is 31.4. The molecule has 2 atom stereocenters. The van der Waals surface area contributed by atoms with E-state index in [2.05, 4.69) is 16.5 Å². The second-order valence-corrected chi connectivity index (χ2v) is 12.6. The summed E-state index contributed by atoms with van der Waals surface area (Å²) in [6, 6.07) is 3.17. The predicted octanol–water partition coefficient (Wildman–Crippen LogP) is 5.34. The number of carbonyl (C=O) groups is 1. The lowest BCUT2D eigenvalue weighted by Gasteiger charge is -2.47. The van der Waals surface area contributed by atoms with Crippen LogP contribution in [0.2, 0.25) is 5.02 Å². The third-order valence-corrected chi connectivity index (χ3v) is 9.27. The maximum Gasteiger partial charge on any atom is 0.355 e. The van der Waals surface area contributed by atoms with Gasteiger partial charge in [-0.2, -0.15) is 4.98 Å². The van der Waals surface area contributed by atoms with E-state index < -0.39 is 28.6 Å². The molecule has 2 aliphatic heterocycles. The van der Waals surface area contributed by atoms with Gasteiger partial charge in [-0.05, 0) is 56.0 Å². The molecule has 0 saturated carbocycles. The number of hydrogen-bond donors (Lipinski definition) is 1. The van der Waals surface area contributed by atoms with E-state index in [1.807, 2.05) is 37.5 Å². The number of phenols is 1. The molecular weight excluding hydrogens is 616 g/mol. The first-order chi connectivity index (χ1) is 21.8. The second kappa shape index (κ2) is 11.7. The van der Waals surface area contributed by atoms with Gasteiger partial charge in [0.15, 0.2) is 17.3 Å². The maximum atomic E-state index is 15.4. The minimum atomic E-state index is -1.32. The van der Waals surface area contributed by atoms with Crippen LogP contribution in [-0.2, 0) is 4.79 Å². The van der Waals surface area contributed by atoms with Crippen molar-refractivity contribution in [1.29, 1.82) is 0 Å². The van der Waals surface area contributed by atoms with Gasteiger partial charge in [0.1, 0.15) is 17.3 Å². The van der Waals surface area contributed by atoms with Gasteiger partial charge in [0.2, 0.25) is 5.91 Å². The number of rotatable bonds is 4. The van der Waals surface area contributed by atoms with Crippen LogP contribution in [0, 0.1) is 18.6 Å². The molecule has 1 saturated heterocycles. The molecule has 1 fully saturated rings. The smallest absolute Gasteiger partial charge is 0.355 e. The first-order valence-electron chi connectivity index (χ1n) is 15.1. The topological polar surface area (TPSA) is 108 Å². The second-order valence-electron chi connectivity index (χ2n) is 12.2. The Morgan fingerprint density at radius 1 is 1.17 bits per heavy atom. The van der Waals surface area contributed by atoms with Crippen molar-refractivity contribution >= 4 is 40.0 Å². The van der Waals surface area contributed by atoms with Gasteiger partial charge in [-0.3, -0.25) is 9.78 Å². The van der Waals surface area contributed by atoms with Crippen molar-refractivity contribution in [3.63, 3.8) is 0 Å². The minimum Gasteiger partial charge on any atom is -0.507 e. The Hall–Kier alpha value is -4.58. The predicted molar refractivity (Wildman–Crippen MR) is 174 cm³/mol. The Balaban J connectivity index is 1.77. The zero-order valence-electron chi connectivity index (χ0n) is 26.2. The molecule has 2 aliphatic rings. The summed E-state index contributed by atoms with van der Waals surface area (Å²) in [5.74, 6) is -3.05. The Bertz CT molecular complexity index is 1980. The number of pyridine rings is 2. The number of piperazine rings is 1. The van der Waals surface area contributed by atoms with Crippen molar-refractivity contribution in [2.24, 2.45) is 0 Å². The molecule has 46 heavy (non-hydrogen) atoms. The number of halogens is 3. The van der Waals surface area contributed by atoms with Crippen molar-refractivity contribution in [3.8, 4) is 22.7 Å². The number of phenolic OH excluding ortho intramolecular Hbond substituents is 1. The van der Waals surface area contributed by atoms with E-state index in [1.54, 1.807) is 24.2 Å². The van der Waals surface area contributed by atoms with E-state index in [9.17, 15) is 19.1 Å². The van der Waals surface area contributed by atoms with Gasteiger partial charge in [0, 0.05) is 45.0 Å². The largest absolute Gasteiger partial charge is 0.507 e. The number of carbonyl (C=O) groups excluding carboxylic acids is 1. The number of anilines is 2. The summed E-state index contributed by atoms with van der Waals surface area (Å²) in [6.07, 6.45) is 3.51. The number of benzene rings is 1. The highest BCUT2D eigenvalue weighted by molar-refractivity contribution is 6.38. The molecule has 6 rings (SSSR count). The molecule has 2 unspecified atom stereocenters. The highest BCUT2D eigenvalue weighted by Gasteiger charge is 2.39. The Labute approximate surface area is 269 Å². The van der Waals surface area contributed by atoms with Crippen LogP contribution in [-0.4, -0.2) is 74.2 Å². The molecule has 4 aromatic rings. The molecule has 1 amide bonds. The number of hydrogen-bond acceptors (Lipinski definition) is 8. The van der Waals surface area contributed by atoms with Crippen LogP contribution in [0.4, 0.5) is 20.3 Å². The molecule has 0 aliphatic carbocycles. The van der Waals surface area contributed by atoms with Crippen LogP contribution in [0.25, 0.3) is 28.0 Å². The molecule has 10 nitrogen and oxygen atoms in total. The average molecular weight is 650 g/mol. The van der Waals surface area contributed by atoms with Gasteiger partial charge >= 0.3 is 5.69 Å². The summed E-state index contributed by atoms with van der Waals surface area (Å²) >= 11 is 7.07. The van der Waals surface area contributed by atoms with E-state index in [1.165, 1.54) is 10.6 Å². The van der Waals surface area contributed by atoms with Crippen LogP contribution >= 0.6 is 11.6 Å². The third-order valence-electron chi connectivity index (χ3n) is 8.91. The van der Waals surface area contributed by atoms with Crippen molar-refractivity contribution < 1.29 is 18.7 Å². The lowest BCUT2D eigenvalue weighted by Crippen LogP contribution is -2.60. The van der Waals surface area contributed by atoms with E-state index in [-0.39, 0.29) is 40.3 Å². The molecule has 5 heterocycles. The molecule has 0 spiro atoms.